The summed E-state index contributed by atoms with van der Waals surface area (Å²) >= 11 is 3.26. The summed E-state index contributed by atoms with van der Waals surface area (Å²) in [5.74, 6) is -0.252. The number of amides is 1. The second kappa shape index (κ2) is 4.84. The van der Waals surface area contributed by atoms with Gasteiger partial charge in [-0.05, 0) is 48.0 Å². The van der Waals surface area contributed by atoms with Gasteiger partial charge < -0.3 is 16.2 Å². The average Bonchev–Trinajstić information content (AvgIpc) is 2.21. The Labute approximate surface area is 103 Å². The summed E-state index contributed by atoms with van der Waals surface area (Å²) in [6.07, 6.45) is 0. The molecule has 0 saturated carbocycles. The standard InChI is InChI=1S/C11H15BrN2O2/c1-11(2,6-15)14-10(16)7-3-4-8(12)9(13)5-7/h3-5,15H,6,13H2,1-2H3,(H,14,16). The van der Waals surface area contributed by atoms with Crippen LogP contribution in [0.5, 0.6) is 0 Å². The van der Waals surface area contributed by atoms with Gasteiger partial charge in [0.2, 0.25) is 0 Å². The van der Waals surface area contributed by atoms with E-state index in [9.17, 15) is 4.79 Å². The number of carbonyl (C=O) groups excluding carboxylic acids is 1. The Balaban J connectivity index is 2.85. The van der Waals surface area contributed by atoms with E-state index in [1.807, 2.05) is 0 Å². The Hall–Kier alpha value is -1.07. The van der Waals surface area contributed by atoms with E-state index in [1.165, 1.54) is 0 Å². The van der Waals surface area contributed by atoms with Crippen molar-refractivity contribution in [2.24, 2.45) is 0 Å². The van der Waals surface area contributed by atoms with Gasteiger partial charge in [-0.3, -0.25) is 4.79 Å². The van der Waals surface area contributed by atoms with Crippen molar-refractivity contribution < 1.29 is 9.90 Å². The highest BCUT2D eigenvalue weighted by atomic mass is 79.9. The number of nitrogens with two attached hydrogens (primary N) is 1. The van der Waals surface area contributed by atoms with Gasteiger partial charge in [0, 0.05) is 15.7 Å². The summed E-state index contributed by atoms with van der Waals surface area (Å²) in [4.78, 5) is 11.8. The molecule has 1 aromatic carbocycles. The monoisotopic (exact) mass is 286 g/mol. The Kier molecular flexibility index (Phi) is 3.93. The van der Waals surface area contributed by atoms with Crippen molar-refractivity contribution in [3.63, 3.8) is 0 Å². The molecule has 1 aromatic rings. The number of hydrogen-bond donors (Lipinski definition) is 3. The Morgan fingerprint density at radius 1 is 1.56 bits per heavy atom. The maximum absolute atomic E-state index is 11.8. The molecule has 0 aromatic heterocycles. The first-order valence-electron chi connectivity index (χ1n) is 4.84. The average molecular weight is 287 g/mol. The minimum absolute atomic E-state index is 0.120. The third-order valence-corrected chi connectivity index (χ3v) is 2.83. The number of nitrogen functional groups attached to an aromatic ring is 1. The predicted molar refractivity (Wildman–Crippen MR) is 67.2 cm³/mol. The van der Waals surface area contributed by atoms with Crippen molar-refractivity contribution in [3.05, 3.63) is 28.2 Å². The molecular weight excluding hydrogens is 272 g/mol. The second-order valence-corrected chi connectivity index (χ2v) is 5.09. The second-order valence-electron chi connectivity index (χ2n) is 4.23. The summed E-state index contributed by atoms with van der Waals surface area (Å²) in [5.41, 5.74) is 6.02. The summed E-state index contributed by atoms with van der Waals surface area (Å²) in [6, 6.07) is 4.98. The van der Waals surface area contributed by atoms with Gasteiger partial charge in [0.1, 0.15) is 0 Å². The van der Waals surface area contributed by atoms with Gasteiger partial charge in [-0.25, -0.2) is 0 Å². The fourth-order valence-corrected chi connectivity index (χ4v) is 1.35. The van der Waals surface area contributed by atoms with E-state index in [1.54, 1.807) is 32.0 Å². The first kappa shape index (κ1) is 13.0. The third-order valence-electron chi connectivity index (χ3n) is 2.11. The zero-order valence-electron chi connectivity index (χ0n) is 9.25. The molecule has 0 atom stereocenters. The van der Waals surface area contributed by atoms with E-state index in [0.717, 1.165) is 4.47 Å². The van der Waals surface area contributed by atoms with E-state index in [2.05, 4.69) is 21.2 Å². The van der Waals surface area contributed by atoms with Crippen LogP contribution in [0.4, 0.5) is 5.69 Å². The first-order chi connectivity index (χ1) is 7.35. The van der Waals surface area contributed by atoms with Crippen molar-refractivity contribution in [2.75, 3.05) is 12.3 Å². The number of aliphatic hydroxyl groups excluding tert-OH is 1. The summed E-state index contributed by atoms with van der Waals surface area (Å²) in [7, 11) is 0. The molecule has 0 bridgehead atoms. The van der Waals surface area contributed by atoms with Crippen molar-refractivity contribution in [1.29, 1.82) is 0 Å². The van der Waals surface area contributed by atoms with Crippen LogP contribution in [-0.4, -0.2) is 23.2 Å². The number of nitrogens with one attached hydrogen (secondary N) is 1. The molecule has 0 heterocycles. The highest BCUT2D eigenvalue weighted by molar-refractivity contribution is 9.10. The molecule has 16 heavy (non-hydrogen) atoms. The lowest BCUT2D eigenvalue weighted by Crippen LogP contribution is -2.46. The normalized spacial score (nSPS) is 11.2. The van der Waals surface area contributed by atoms with Gasteiger partial charge in [-0.15, -0.1) is 0 Å². The van der Waals surface area contributed by atoms with Gasteiger partial charge in [-0.2, -0.15) is 0 Å². The summed E-state index contributed by atoms with van der Waals surface area (Å²) < 4.78 is 0.755. The molecule has 5 heteroatoms. The van der Waals surface area contributed by atoms with Crippen LogP contribution in [-0.2, 0) is 0 Å². The van der Waals surface area contributed by atoms with Gasteiger partial charge >= 0.3 is 0 Å². The van der Waals surface area contributed by atoms with E-state index < -0.39 is 5.54 Å². The summed E-state index contributed by atoms with van der Waals surface area (Å²) in [5, 5.41) is 11.8. The lowest BCUT2D eigenvalue weighted by molar-refractivity contribution is 0.0869. The fraction of sp³-hybridized carbons (Fsp3) is 0.364. The number of aliphatic hydroxyl groups is 1. The zero-order valence-corrected chi connectivity index (χ0v) is 10.8. The molecule has 0 aliphatic heterocycles. The van der Waals surface area contributed by atoms with Crippen LogP contribution < -0.4 is 11.1 Å². The summed E-state index contributed by atoms with van der Waals surface area (Å²) in [6.45, 7) is 3.37. The zero-order chi connectivity index (χ0) is 12.3. The SMILES string of the molecule is CC(C)(CO)NC(=O)c1ccc(Br)c(N)c1. The van der Waals surface area contributed by atoms with Crippen LogP contribution >= 0.6 is 15.9 Å². The topological polar surface area (TPSA) is 75.3 Å². The van der Waals surface area contributed by atoms with Crippen molar-refractivity contribution in [3.8, 4) is 0 Å². The van der Waals surface area contributed by atoms with Crippen LogP contribution in [0.1, 0.15) is 24.2 Å². The van der Waals surface area contributed by atoms with Gasteiger partial charge in [0.15, 0.2) is 0 Å². The van der Waals surface area contributed by atoms with E-state index in [0.29, 0.717) is 11.3 Å². The molecule has 4 nitrogen and oxygen atoms in total. The number of halogens is 1. The fourth-order valence-electron chi connectivity index (χ4n) is 1.10. The number of rotatable bonds is 3. The Morgan fingerprint density at radius 2 is 2.19 bits per heavy atom. The van der Waals surface area contributed by atoms with Gasteiger partial charge in [0.25, 0.3) is 5.91 Å². The Bertz CT molecular complexity index is 405. The van der Waals surface area contributed by atoms with Crippen LogP contribution in [0, 0.1) is 0 Å². The molecule has 0 radical (unpaired) electrons. The van der Waals surface area contributed by atoms with Crippen LogP contribution in [0.15, 0.2) is 22.7 Å². The Morgan fingerprint density at radius 3 is 2.69 bits per heavy atom. The van der Waals surface area contributed by atoms with E-state index in [4.69, 9.17) is 10.8 Å². The molecule has 88 valence electrons. The minimum Gasteiger partial charge on any atom is -0.398 e. The van der Waals surface area contributed by atoms with Gasteiger partial charge in [0.05, 0.1) is 12.1 Å². The number of anilines is 1. The third kappa shape index (κ3) is 3.21. The molecule has 0 saturated heterocycles. The smallest absolute Gasteiger partial charge is 0.251 e. The maximum atomic E-state index is 11.8. The lowest BCUT2D eigenvalue weighted by atomic mass is 10.1. The number of benzene rings is 1. The maximum Gasteiger partial charge on any atom is 0.251 e. The number of carbonyl (C=O) groups is 1. The van der Waals surface area contributed by atoms with Crippen molar-refractivity contribution >= 4 is 27.5 Å². The van der Waals surface area contributed by atoms with E-state index in [-0.39, 0.29) is 12.5 Å². The molecule has 0 fully saturated rings. The quantitative estimate of drug-likeness (QED) is 0.738. The molecule has 1 amide bonds. The highest BCUT2D eigenvalue weighted by Gasteiger charge is 2.20. The first-order valence-corrected chi connectivity index (χ1v) is 5.63. The lowest BCUT2D eigenvalue weighted by Gasteiger charge is -2.23. The van der Waals surface area contributed by atoms with E-state index >= 15 is 0 Å². The molecule has 0 aliphatic rings. The number of hydrogen-bond acceptors (Lipinski definition) is 3. The predicted octanol–water partition coefficient (Wildman–Crippen LogP) is 1.53. The molecular formula is C11H15BrN2O2. The van der Waals surface area contributed by atoms with Crippen molar-refractivity contribution in [1.82, 2.24) is 5.32 Å². The van der Waals surface area contributed by atoms with Crippen LogP contribution in [0.3, 0.4) is 0 Å². The van der Waals surface area contributed by atoms with Crippen molar-refractivity contribution in [2.45, 2.75) is 19.4 Å². The largest absolute Gasteiger partial charge is 0.398 e. The van der Waals surface area contributed by atoms with Gasteiger partial charge in [-0.1, -0.05) is 0 Å². The highest BCUT2D eigenvalue weighted by Crippen LogP contribution is 2.20. The van der Waals surface area contributed by atoms with Crippen LogP contribution in [0.2, 0.25) is 0 Å². The molecule has 1 rings (SSSR count). The molecule has 4 N–H and O–H groups in total. The molecule has 0 unspecified atom stereocenters. The minimum atomic E-state index is -0.640. The molecule has 0 spiro atoms. The molecule has 0 aliphatic carbocycles. The van der Waals surface area contributed by atoms with Crippen LogP contribution in [0.25, 0.3) is 0 Å².